The van der Waals surface area contributed by atoms with Crippen LogP contribution in [0.15, 0.2) is 89.9 Å². The zero-order chi connectivity index (χ0) is 24.3. The van der Waals surface area contributed by atoms with Gasteiger partial charge in [-0.05, 0) is 36.2 Å². The van der Waals surface area contributed by atoms with Crippen molar-refractivity contribution >= 4 is 16.8 Å². The van der Waals surface area contributed by atoms with Crippen LogP contribution in [-0.2, 0) is 25.8 Å². The molecule has 3 aromatic carbocycles. The summed E-state index contributed by atoms with van der Waals surface area (Å²) in [6.07, 6.45) is -3.15. The lowest BCUT2D eigenvalue weighted by molar-refractivity contribution is -0.137. The molecule has 7 heteroatoms. The van der Waals surface area contributed by atoms with E-state index in [0.717, 1.165) is 23.3 Å². The highest BCUT2D eigenvalue weighted by molar-refractivity contribution is 5.97. The van der Waals surface area contributed by atoms with Gasteiger partial charge in [0.1, 0.15) is 5.56 Å². The molecular formula is C27H23F3N2O2. The minimum absolute atomic E-state index is 0.123. The lowest BCUT2D eigenvalue weighted by atomic mass is 10.1. The second kappa shape index (κ2) is 9.55. The number of halogens is 3. The smallest absolute Gasteiger partial charge is 0.347 e. The summed E-state index contributed by atoms with van der Waals surface area (Å²) in [5.41, 5.74) is 0.331. The fourth-order valence-electron chi connectivity index (χ4n) is 3.97. The van der Waals surface area contributed by atoms with E-state index in [1.54, 1.807) is 9.47 Å². The summed E-state index contributed by atoms with van der Waals surface area (Å²) >= 11 is 0. The van der Waals surface area contributed by atoms with Crippen LogP contribution in [0, 0.1) is 0 Å². The number of carbonyl (C=O) groups is 1. The minimum atomic E-state index is -4.59. The number of nitrogens with zero attached hydrogens (tertiary/aromatic N) is 2. The Bertz CT molecular complexity index is 1320. The second-order valence-electron chi connectivity index (χ2n) is 8.02. The van der Waals surface area contributed by atoms with E-state index >= 15 is 0 Å². The standard InChI is InChI=1S/C27H23F3N2O2/c1-2-31-18-23(25(33)22-15-21(27(28,29)30)13-14-24(22)31)26(34)32(16-19-9-5-3-6-10-19)17-20-11-7-4-8-12-20/h3-15,18H,2,16-17H2,1H3. The van der Waals surface area contributed by atoms with Crippen LogP contribution in [0.2, 0.25) is 0 Å². The molecule has 0 radical (unpaired) electrons. The van der Waals surface area contributed by atoms with Gasteiger partial charge in [-0.15, -0.1) is 0 Å². The van der Waals surface area contributed by atoms with Gasteiger partial charge in [-0.3, -0.25) is 9.59 Å². The first kappa shape index (κ1) is 23.3. The number of hydrogen-bond acceptors (Lipinski definition) is 2. The predicted octanol–water partition coefficient (Wildman–Crippen LogP) is 5.88. The number of alkyl halides is 3. The van der Waals surface area contributed by atoms with E-state index in [-0.39, 0.29) is 24.0 Å². The van der Waals surface area contributed by atoms with Crippen molar-refractivity contribution in [2.75, 3.05) is 0 Å². The molecule has 0 fully saturated rings. The SMILES string of the molecule is CCn1cc(C(=O)N(Cc2ccccc2)Cc2ccccc2)c(=O)c2cc(C(F)(F)F)ccc21. The molecule has 0 saturated carbocycles. The van der Waals surface area contributed by atoms with Gasteiger partial charge in [0.2, 0.25) is 5.43 Å². The van der Waals surface area contributed by atoms with Crippen molar-refractivity contribution in [1.29, 1.82) is 0 Å². The average Bonchev–Trinajstić information content (AvgIpc) is 2.84. The Labute approximate surface area is 194 Å². The summed E-state index contributed by atoms with van der Waals surface area (Å²) in [5.74, 6) is -0.529. The summed E-state index contributed by atoms with van der Waals surface area (Å²) < 4.78 is 41.6. The summed E-state index contributed by atoms with van der Waals surface area (Å²) in [6.45, 7) is 2.70. The first-order chi connectivity index (χ1) is 16.3. The van der Waals surface area contributed by atoms with Crippen molar-refractivity contribution in [2.45, 2.75) is 32.7 Å². The molecule has 0 aliphatic rings. The van der Waals surface area contributed by atoms with E-state index in [0.29, 0.717) is 12.1 Å². The molecular weight excluding hydrogens is 441 g/mol. The Hall–Kier alpha value is -3.87. The molecule has 4 rings (SSSR count). The Kier molecular flexibility index (Phi) is 6.54. The Balaban J connectivity index is 1.82. The number of benzene rings is 3. The highest BCUT2D eigenvalue weighted by atomic mass is 19.4. The Morgan fingerprint density at radius 2 is 1.44 bits per heavy atom. The monoisotopic (exact) mass is 464 g/mol. The Morgan fingerprint density at radius 3 is 1.94 bits per heavy atom. The first-order valence-corrected chi connectivity index (χ1v) is 10.9. The van der Waals surface area contributed by atoms with Crippen LogP contribution >= 0.6 is 0 Å². The lowest BCUT2D eigenvalue weighted by Gasteiger charge is -2.24. The van der Waals surface area contributed by atoms with Gasteiger partial charge < -0.3 is 9.47 Å². The topological polar surface area (TPSA) is 42.3 Å². The van der Waals surface area contributed by atoms with Gasteiger partial charge in [-0.2, -0.15) is 13.2 Å². The molecule has 0 atom stereocenters. The number of amides is 1. The summed E-state index contributed by atoms with van der Waals surface area (Å²) in [7, 11) is 0. The predicted molar refractivity (Wildman–Crippen MR) is 125 cm³/mol. The second-order valence-corrected chi connectivity index (χ2v) is 8.02. The summed E-state index contributed by atoms with van der Waals surface area (Å²) in [5, 5.41) is -0.123. The minimum Gasteiger partial charge on any atom is -0.347 e. The molecule has 34 heavy (non-hydrogen) atoms. The molecule has 0 N–H and O–H groups in total. The van der Waals surface area contributed by atoms with Gasteiger partial charge in [0.25, 0.3) is 5.91 Å². The third-order valence-corrected chi connectivity index (χ3v) is 5.70. The van der Waals surface area contributed by atoms with Crippen LogP contribution in [0.3, 0.4) is 0 Å². The molecule has 174 valence electrons. The molecule has 4 nitrogen and oxygen atoms in total. The summed E-state index contributed by atoms with van der Waals surface area (Å²) in [6, 6.07) is 21.8. The number of pyridine rings is 1. The molecule has 0 aliphatic carbocycles. The fourth-order valence-corrected chi connectivity index (χ4v) is 3.97. The van der Waals surface area contributed by atoms with Crippen molar-refractivity contribution in [3.8, 4) is 0 Å². The maximum Gasteiger partial charge on any atom is 0.416 e. The van der Waals surface area contributed by atoms with Crippen LogP contribution in [0.5, 0.6) is 0 Å². The van der Waals surface area contributed by atoms with Crippen LogP contribution in [0.1, 0.15) is 34.0 Å². The number of rotatable bonds is 6. The number of carbonyl (C=O) groups excluding carboxylic acids is 1. The summed E-state index contributed by atoms with van der Waals surface area (Å²) in [4.78, 5) is 28.5. The Morgan fingerprint density at radius 1 is 0.882 bits per heavy atom. The van der Waals surface area contributed by atoms with E-state index in [1.807, 2.05) is 67.6 Å². The molecule has 0 spiro atoms. The molecule has 1 heterocycles. The van der Waals surface area contributed by atoms with Crippen molar-refractivity contribution in [1.82, 2.24) is 9.47 Å². The highest BCUT2D eigenvalue weighted by Crippen LogP contribution is 2.31. The van der Waals surface area contributed by atoms with Gasteiger partial charge in [0.15, 0.2) is 0 Å². The van der Waals surface area contributed by atoms with Crippen LogP contribution in [-0.4, -0.2) is 15.4 Å². The van der Waals surface area contributed by atoms with E-state index in [1.165, 1.54) is 12.3 Å². The zero-order valence-corrected chi connectivity index (χ0v) is 18.5. The molecule has 0 unspecified atom stereocenters. The number of aromatic nitrogens is 1. The maximum atomic E-state index is 13.7. The molecule has 0 saturated heterocycles. The van der Waals surface area contributed by atoms with Crippen molar-refractivity contribution in [3.05, 3.63) is 118 Å². The van der Waals surface area contributed by atoms with Crippen LogP contribution in [0.4, 0.5) is 13.2 Å². The molecule has 0 bridgehead atoms. The molecule has 0 aliphatic heterocycles. The number of aryl methyl sites for hydroxylation is 1. The van der Waals surface area contributed by atoms with E-state index in [4.69, 9.17) is 0 Å². The number of hydrogen-bond donors (Lipinski definition) is 0. The van der Waals surface area contributed by atoms with Gasteiger partial charge in [0, 0.05) is 31.2 Å². The zero-order valence-electron chi connectivity index (χ0n) is 18.5. The van der Waals surface area contributed by atoms with E-state index < -0.39 is 23.1 Å². The lowest BCUT2D eigenvalue weighted by Crippen LogP contribution is -2.34. The molecule has 4 aromatic rings. The quantitative estimate of drug-likeness (QED) is 0.358. The maximum absolute atomic E-state index is 13.7. The molecule has 1 aromatic heterocycles. The first-order valence-electron chi connectivity index (χ1n) is 10.9. The molecule has 1 amide bonds. The highest BCUT2D eigenvalue weighted by Gasteiger charge is 2.31. The van der Waals surface area contributed by atoms with Gasteiger partial charge in [-0.25, -0.2) is 0 Å². The average molecular weight is 464 g/mol. The largest absolute Gasteiger partial charge is 0.416 e. The van der Waals surface area contributed by atoms with Crippen molar-refractivity contribution in [3.63, 3.8) is 0 Å². The van der Waals surface area contributed by atoms with Crippen LogP contribution < -0.4 is 5.43 Å². The van der Waals surface area contributed by atoms with Crippen LogP contribution in [0.25, 0.3) is 10.9 Å². The number of fused-ring (bicyclic) bond motifs is 1. The van der Waals surface area contributed by atoms with Gasteiger partial charge in [-0.1, -0.05) is 60.7 Å². The normalized spacial score (nSPS) is 11.5. The third-order valence-electron chi connectivity index (χ3n) is 5.70. The van der Waals surface area contributed by atoms with Gasteiger partial charge >= 0.3 is 6.18 Å². The third kappa shape index (κ3) is 4.88. The van der Waals surface area contributed by atoms with E-state index in [2.05, 4.69) is 0 Å². The fraction of sp³-hybridized carbons (Fsp3) is 0.185. The van der Waals surface area contributed by atoms with Crippen molar-refractivity contribution < 1.29 is 18.0 Å². The van der Waals surface area contributed by atoms with Gasteiger partial charge in [0.05, 0.1) is 11.1 Å². The van der Waals surface area contributed by atoms with E-state index in [9.17, 15) is 22.8 Å². The van der Waals surface area contributed by atoms with Crippen molar-refractivity contribution in [2.24, 2.45) is 0 Å².